The number of nitro groups is 1. The van der Waals surface area contributed by atoms with Crippen LogP contribution in [0.15, 0.2) is 29.3 Å². The molecule has 1 aromatic carbocycles. The molecule has 1 aliphatic rings. The predicted octanol–water partition coefficient (Wildman–Crippen LogP) is 0.883. The summed E-state index contributed by atoms with van der Waals surface area (Å²) in [5.74, 6) is -1.57. The summed E-state index contributed by atoms with van der Waals surface area (Å²) < 4.78 is 4.64. The standard InChI is InChI=1S/C25H38N8O7/c1-40-25(37)32-20(14-16-6-3-2-4-7-16)22(35)29-15-21(34)31-19(8-5-13-28-24(26)27)23(36)30-17-9-11-18(12-10-17)33(38)39/h9-12,16,19-20H,2-8,13-15H2,1H3,(H,29,35)(H,30,36)(H,31,34)(H,32,37)(H4,26,27,28)/t19-,20+/m0/s1. The van der Waals surface area contributed by atoms with Crippen LogP contribution in [0.25, 0.3) is 0 Å². The van der Waals surface area contributed by atoms with Crippen molar-refractivity contribution in [2.75, 3.05) is 25.5 Å². The summed E-state index contributed by atoms with van der Waals surface area (Å²) in [5.41, 5.74) is 10.8. The fourth-order valence-corrected chi connectivity index (χ4v) is 4.39. The Kier molecular flexibility index (Phi) is 13.1. The van der Waals surface area contributed by atoms with Crippen LogP contribution < -0.4 is 32.7 Å². The molecule has 0 unspecified atom stereocenters. The summed E-state index contributed by atoms with van der Waals surface area (Å²) in [6.45, 7) is -0.212. The highest BCUT2D eigenvalue weighted by atomic mass is 16.6. The van der Waals surface area contributed by atoms with Gasteiger partial charge in [-0.15, -0.1) is 0 Å². The van der Waals surface area contributed by atoms with Crippen LogP contribution in [0.4, 0.5) is 16.2 Å². The molecule has 1 saturated carbocycles. The number of methoxy groups -OCH3 is 1. The summed E-state index contributed by atoms with van der Waals surface area (Å²) in [5, 5.41) is 21.1. The minimum Gasteiger partial charge on any atom is -0.453 e. The van der Waals surface area contributed by atoms with Gasteiger partial charge in [-0.05, 0) is 37.3 Å². The van der Waals surface area contributed by atoms with Gasteiger partial charge in [-0.1, -0.05) is 32.1 Å². The van der Waals surface area contributed by atoms with Crippen LogP contribution in [0.2, 0.25) is 0 Å². The molecule has 15 nitrogen and oxygen atoms in total. The number of non-ortho nitro benzene ring substituents is 1. The van der Waals surface area contributed by atoms with Crippen molar-refractivity contribution < 1.29 is 28.8 Å². The van der Waals surface area contributed by atoms with Crippen LogP contribution in [0.1, 0.15) is 51.4 Å². The number of nitro benzene ring substituents is 1. The number of aliphatic imine (C=N–C) groups is 1. The maximum Gasteiger partial charge on any atom is 0.407 e. The van der Waals surface area contributed by atoms with E-state index in [9.17, 15) is 29.3 Å². The van der Waals surface area contributed by atoms with Gasteiger partial charge in [0, 0.05) is 24.4 Å². The van der Waals surface area contributed by atoms with Crippen LogP contribution >= 0.6 is 0 Å². The van der Waals surface area contributed by atoms with Crippen LogP contribution in [0.3, 0.4) is 0 Å². The largest absolute Gasteiger partial charge is 0.453 e. The number of carbonyl (C=O) groups is 4. The molecule has 0 heterocycles. The van der Waals surface area contributed by atoms with E-state index in [2.05, 4.69) is 31.0 Å². The second kappa shape index (κ2) is 16.5. The molecular formula is C25H38N8O7. The number of nitrogens with one attached hydrogen (secondary N) is 4. The van der Waals surface area contributed by atoms with Gasteiger partial charge < -0.3 is 37.5 Å². The highest BCUT2D eigenvalue weighted by Gasteiger charge is 2.27. The summed E-state index contributed by atoms with van der Waals surface area (Å²) in [6, 6.07) is 3.34. The first-order chi connectivity index (χ1) is 19.1. The topological polar surface area (TPSA) is 233 Å². The van der Waals surface area contributed by atoms with E-state index in [4.69, 9.17) is 11.5 Å². The lowest BCUT2D eigenvalue weighted by Gasteiger charge is -2.26. The van der Waals surface area contributed by atoms with Gasteiger partial charge in [-0.2, -0.15) is 0 Å². The highest BCUT2D eigenvalue weighted by molar-refractivity contribution is 5.98. The number of nitrogens with zero attached hydrogens (tertiary/aromatic N) is 2. The van der Waals surface area contributed by atoms with Crippen molar-refractivity contribution in [3.8, 4) is 0 Å². The summed E-state index contributed by atoms with van der Waals surface area (Å²) in [7, 11) is 1.20. The molecule has 0 saturated heterocycles. The van der Waals surface area contributed by atoms with Crippen molar-refractivity contribution in [3.05, 3.63) is 34.4 Å². The van der Waals surface area contributed by atoms with E-state index in [1.165, 1.54) is 31.4 Å². The SMILES string of the molecule is COC(=O)N[C@H](CC1CCCCC1)C(=O)NCC(=O)N[C@@H](CCCN=C(N)N)C(=O)Nc1ccc([N+](=O)[O-])cc1. The van der Waals surface area contributed by atoms with Crippen molar-refractivity contribution in [1.29, 1.82) is 0 Å². The molecule has 0 aliphatic heterocycles. The minimum atomic E-state index is -1.01. The van der Waals surface area contributed by atoms with Gasteiger partial charge in [0.15, 0.2) is 5.96 Å². The Balaban J connectivity index is 2.00. The van der Waals surface area contributed by atoms with Crippen molar-refractivity contribution in [2.24, 2.45) is 22.4 Å². The number of carbonyl (C=O) groups excluding carboxylic acids is 4. The van der Waals surface area contributed by atoms with Crippen molar-refractivity contribution in [2.45, 2.75) is 63.5 Å². The Morgan fingerprint density at radius 3 is 2.33 bits per heavy atom. The zero-order valence-corrected chi connectivity index (χ0v) is 22.5. The lowest BCUT2D eigenvalue weighted by atomic mass is 9.84. The van der Waals surface area contributed by atoms with E-state index >= 15 is 0 Å². The average molecular weight is 563 g/mol. The second-order valence-electron chi connectivity index (χ2n) is 9.51. The van der Waals surface area contributed by atoms with Gasteiger partial charge in [0.2, 0.25) is 17.7 Å². The number of benzene rings is 1. The zero-order chi connectivity index (χ0) is 29.5. The van der Waals surface area contributed by atoms with E-state index in [0.717, 1.165) is 32.1 Å². The molecule has 220 valence electrons. The Hall–Kier alpha value is -4.43. The number of nitrogens with two attached hydrogens (primary N) is 2. The summed E-state index contributed by atoms with van der Waals surface area (Å²) in [6.07, 6.45) is 5.38. The van der Waals surface area contributed by atoms with E-state index in [0.29, 0.717) is 18.5 Å². The predicted molar refractivity (Wildman–Crippen MR) is 147 cm³/mol. The Bertz CT molecular complexity index is 1050. The molecule has 2 rings (SSSR count). The number of anilines is 1. The Labute approximate surface area is 232 Å². The van der Waals surface area contributed by atoms with Gasteiger partial charge in [0.1, 0.15) is 12.1 Å². The van der Waals surface area contributed by atoms with Gasteiger partial charge in [0.05, 0.1) is 18.6 Å². The van der Waals surface area contributed by atoms with Crippen LogP contribution in [-0.4, -0.2) is 67.0 Å². The van der Waals surface area contributed by atoms with Gasteiger partial charge in [0.25, 0.3) is 5.69 Å². The van der Waals surface area contributed by atoms with Crippen molar-refractivity contribution in [3.63, 3.8) is 0 Å². The molecule has 1 aromatic rings. The molecule has 4 amide bonds. The number of hydrogen-bond donors (Lipinski definition) is 6. The Morgan fingerprint density at radius 1 is 1.05 bits per heavy atom. The van der Waals surface area contributed by atoms with Crippen molar-refractivity contribution in [1.82, 2.24) is 16.0 Å². The third kappa shape index (κ3) is 11.5. The van der Waals surface area contributed by atoms with Gasteiger partial charge in [-0.25, -0.2) is 4.79 Å². The molecule has 15 heteroatoms. The first-order valence-electron chi connectivity index (χ1n) is 13.1. The van der Waals surface area contributed by atoms with Crippen LogP contribution in [0, 0.1) is 16.0 Å². The molecule has 0 radical (unpaired) electrons. The van der Waals surface area contributed by atoms with E-state index in [1.54, 1.807) is 0 Å². The van der Waals surface area contributed by atoms with Crippen LogP contribution in [0.5, 0.6) is 0 Å². The lowest BCUT2D eigenvalue weighted by molar-refractivity contribution is -0.384. The maximum atomic E-state index is 12.9. The van der Waals surface area contributed by atoms with E-state index < -0.39 is 47.4 Å². The molecule has 1 fully saturated rings. The van der Waals surface area contributed by atoms with Gasteiger partial charge >= 0.3 is 6.09 Å². The minimum absolute atomic E-state index is 0.109. The number of hydrogen-bond acceptors (Lipinski definition) is 8. The van der Waals surface area contributed by atoms with E-state index in [1.807, 2.05) is 0 Å². The number of guanidine groups is 1. The molecular weight excluding hydrogens is 524 g/mol. The van der Waals surface area contributed by atoms with E-state index in [-0.39, 0.29) is 30.5 Å². The first kappa shape index (κ1) is 31.8. The number of rotatable bonds is 14. The number of ether oxygens (including phenoxy) is 1. The third-order valence-electron chi connectivity index (χ3n) is 6.45. The lowest BCUT2D eigenvalue weighted by Crippen LogP contribution is -2.51. The highest BCUT2D eigenvalue weighted by Crippen LogP contribution is 2.27. The summed E-state index contributed by atoms with van der Waals surface area (Å²) in [4.78, 5) is 64.5. The van der Waals surface area contributed by atoms with Crippen molar-refractivity contribution >= 4 is 41.1 Å². The molecule has 0 spiro atoms. The normalized spacial score (nSPS) is 14.6. The molecule has 1 aliphatic carbocycles. The fourth-order valence-electron chi connectivity index (χ4n) is 4.39. The molecule has 2 atom stereocenters. The monoisotopic (exact) mass is 562 g/mol. The number of amides is 4. The summed E-state index contributed by atoms with van der Waals surface area (Å²) >= 11 is 0. The zero-order valence-electron chi connectivity index (χ0n) is 22.5. The maximum absolute atomic E-state index is 12.9. The molecule has 0 aromatic heterocycles. The fraction of sp³-hybridized carbons (Fsp3) is 0.560. The quantitative estimate of drug-likeness (QED) is 0.0620. The van der Waals surface area contributed by atoms with Gasteiger partial charge in [-0.3, -0.25) is 29.5 Å². The Morgan fingerprint density at radius 2 is 1.73 bits per heavy atom. The molecule has 40 heavy (non-hydrogen) atoms. The second-order valence-corrected chi connectivity index (χ2v) is 9.51. The molecule has 8 N–H and O–H groups in total. The smallest absolute Gasteiger partial charge is 0.407 e. The average Bonchev–Trinajstić information content (AvgIpc) is 2.93. The first-order valence-corrected chi connectivity index (χ1v) is 13.1. The third-order valence-corrected chi connectivity index (χ3v) is 6.45. The number of alkyl carbamates (subject to hydrolysis) is 1. The van der Waals surface area contributed by atoms with Crippen LogP contribution in [-0.2, 0) is 19.1 Å². The molecule has 0 bridgehead atoms.